The van der Waals surface area contributed by atoms with Gasteiger partial charge in [-0.25, -0.2) is 0 Å². The highest BCUT2D eigenvalue weighted by Crippen LogP contribution is 1.92. The molecule has 0 aliphatic carbocycles. The minimum absolute atomic E-state index is 0.0182. The second-order valence-electron chi connectivity index (χ2n) is 5.71. The zero-order valence-corrected chi connectivity index (χ0v) is 15.2. The van der Waals surface area contributed by atoms with E-state index < -0.39 is 5.91 Å². The molecular formula is C16H29N3O7. The Kier molecular flexibility index (Phi) is 12.6. The van der Waals surface area contributed by atoms with Gasteiger partial charge in [0.15, 0.2) is 0 Å². The van der Waals surface area contributed by atoms with E-state index in [0.29, 0.717) is 52.9 Å². The first kappa shape index (κ1) is 22.5. The molecule has 0 aromatic rings. The van der Waals surface area contributed by atoms with E-state index in [9.17, 15) is 14.4 Å². The van der Waals surface area contributed by atoms with Gasteiger partial charge in [-0.1, -0.05) is 0 Å². The maximum atomic E-state index is 11.8. The summed E-state index contributed by atoms with van der Waals surface area (Å²) in [5, 5.41) is 7.91. The average Bonchev–Trinajstić information content (AvgIpc) is 2.64. The predicted octanol–water partition coefficient (Wildman–Crippen LogP) is -2.15. The van der Waals surface area contributed by atoms with Crippen molar-refractivity contribution in [2.24, 2.45) is 0 Å². The summed E-state index contributed by atoms with van der Waals surface area (Å²) in [6.07, 6.45) is 0. The van der Waals surface area contributed by atoms with Crippen molar-refractivity contribution in [1.29, 1.82) is 0 Å². The summed E-state index contributed by atoms with van der Waals surface area (Å²) < 4.78 is 21.7. The lowest BCUT2D eigenvalue weighted by Gasteiger charge is -2.18. The summed E-state index contributed by atoms with van der Waals surface area (Å²) in [5.41, 5.74) is 0. The number of ketones is 1. The minimum atomic E-state index is -0.415. The lowest BCUT2D eigenvalue weighted by atomic mass is 10.3. The van der Waals surface area contributed by atoms with Crippen LogP contribution in [0.25, 0.3) is 0 Å². The standard InChI is InChI=1S/C16H29N3O7/c1-13(20)8-18-16(22)10-19-15(21)9-17-14-11-25-6-4-23-2-3-24-5-7-26-12-14/h14,17H,2-12H2,1H3,(H,18,22)(H,19,21). The molecule has 0 bridgehead atoms. The Balaban J connectivity index is 2.23. The van der Waals surface area contributed by atoms with Gasteiger partial charge in [0.25, 0.3) is 0 Å². The molecule has 0 aromatic heterocycles. The van der Waals surface area contributed by atoms with Crippen LogP contribution in [0.5, 0.6) is 0 Å². The highest BCUT2D eigenvalue weighted by atomic mass is 16.6. The van der Waals surface area contributed by atoms with Crippen molar-refractivity contribution in [3.8, 4) is 0 Å². The van der Waals surface area contributed by atoms with E-state index in [4.69, 9.17) is 18.9 Å². The highest BCUT2D eigenvalue weighted by molar-refractivity contribution is 5.88. The predicted molar refractivity (Wildman–Crippen MR) is 91.8 cm³/mol. The molecule has 1 saturated heterocycles. The minimum Gasteiger partial charge on any atom is -0.377 e. The number of carbonyl (C=O) groups is 3. The van der Waals surface area contributed by atoms with E-state index in [1.807, 2.05) is 0 Å². The highest BCUT2D eigenvalue weighted by Gasteiger charge is 2.12. The van der Waals surface area contributed by atoms with Crippen molar-refractivity contribution in [3.63, 3.8) is 0 Å². The van der Waals surface area contributed by atoms with Crippen molar-refractivity contribution >= 4 is 17.6 Å². The summed E-state index contributed by atoms with van der Waals surface area (Å²) in [4.78, 5) is 34.0. The molecule has 1 heterocycles. The first-order valence-electron chi connectivity index (χ1n) is 8.65. The smallest absolute Gasteiger partial charge is 0.239 e. The zero-order chi connectivity index (χ0) is 19.0. The fourth-order valence-electron chi connectivity index (χ4n) is 1.94. The molecule has 150 valence electrons. The van der Waals surface area contributed by atoms with Crippen LogP contribution in [-0.2, 0) is 33.3 Å². The Hall–Kier alpha value is -1.59. The second kappa shape index (κ2) is 14.6. The van der Waals surface area contributed by atoms with Gasteiger partial charge in [-0.2, -0.15) is 0 Å². The first-order valence-corrected chi connectivity index (χ1v) is 8.65. The maximum Gasteiger partial charge on any atom is 0.239 e. The molecule has 1 fully saturated rings. The van der Waals surface area contributed by atoms with Crippen LogP contribution in [0.3, 0.4) is 0 Å². The Bertz CT molecular complexity index is 420. The zero-order valence-electron chi connectivity index (χ0n) is 15.2. The van der Waals surface area contributed by atoms with Crippen LogP contribution in [0.2, 0.25) is 0 Å². The van der Waals surface area contributed by atoms with Crippen LogP contribution in [0.4, 0.5) is 0 Å². The Morgan fingerprint density at radius 3 is 1.73 bits per heavy atom. The van der Waals surface area contributed by atoms with E-state index in [1.54, 1.807) is 0 Å². The van der Waals surface area contributed by atoms with Gasteiger partial charge in [-0.05, 0) is 6.92 Å². The second-order valence-corrected chi connectivity index (χ2v) is 5.71. The van der Waals surface area contributed by atoms with Gasteiger partial charge < -0.3 is 34.9 Å². The van der Waals surface area contributed by atoms with Crippen LogP contribution >= 0.6 is 0 Å². The number of Topliss-reactive ketones (excluding diaryl/α,β-unsaturated/α-hetero) is 1. The molecule has 10 heteroatoms. The number of hydrogen-bond donors (Lipinski definition) is 3. The largest absolute Gasteiger partial charge is 0.377 e. The molecule has 0 aromatic carbocycles. The molecule has 0 atom stereocenters. The molecule has 1 rings (SSSR count). The topological polar surface area (TPSA) is 124 Å². The lowest BCUT2D eigenvalue weighted by Crippen LogP contribution is -2.46. The molecule has 3 N–H and O–H groups in total. The van der Waals surface area contributed by atoms with E-state index in [0.717, 1.165) is 0 Å². The van der Waals surface area contributed by atoms with Crippen LogP contribution in [0, 0.1) is 0 Å². The molecule has 0 spiro atoms. The van der Waals surface area contributed by atoms with Gasteiger partial charge in [0.2, 0.25) is 11.8 Å². The Labute approximate surface area is 153 Å². The number of carbonyl (C=O) groups excluding carboxylic acids is 3. The third-order valence-corrected chi connectivity index (χ3v) is 3.29. The molecule has 26 heavy (non-hydrogen) atoms. The number of rotatable bonds is 7. The number of amides is 2. The maximum absolute atomic E-state index is 11.8. The summed E-state index contributed by atoms with van der Waals surface area (Å²) >= 11 is 0. The fourth-order valence-corrected chi connectivity index (χ4v) is 1.94. The Morgan fingerprint density at radius 1 is 0.731 bits per heavy atom. The van der Waals surface area contributed by atoms with Crippen molar-refractivity contribution in [2.75, 3.05) is 72.5 Å². The van der Waals surface area contributed by atoms with Crippen LogP contribution < -0.4 is 16.0 Å². The summed E-state index contributed by atoms with van der Waals surface area (Å²) in [7, 11) is 0. The van der Waals surface area contributed by atoms with Gasteiger partial charge in [-0.3, -0.25) is 14.4 Å². The van der Waals surface area contributed by atoms with Crippen molar-refractivity contribution in [2.45, 2.75) is 13.0 Å². The summed E-state index contributed by atoms with van der Waals surface area (Å²) in [6, 6.07) is -0.173. The van der Waals surface area contributed by atoms with Gasteiger partial charge in [0.05, 0.1) is 78.5 Å². The van der Waals surface area contributed by atoms with Crippen molar-refractivity contribution < 1.29 is 33.3 Å². The molecule has 1 aliphatic heterocycles. The van der Waals surface area contributed by atoms with Crippen molar-refractivity contribution in [3.05, 3.63) is 0 Å². The fraction of sp³-hybridized carbons (Fsp3) is 0.812. The molecule has 0 unspecified atom stereocenters. The average molecular weight is 375 g/mol. The van der Waals surface area contributed by atoms with Crippen LogP contribution in [0.15, 0.2) is 0 Å². The van der Waals surface area contributed by atoms with Crippen LogP contribution in [0.1, 0.15) is 6.92 Å². The van der Waals surface area contributed by atoms with Gasteiger partial charge in [0.1, 0.15) is 5.78 Å². The number of hydrogen-bond acceptors (Lipinski definition) is 8. The molecular weight excluding hydrogens is 346 g/mol. The summed E-state index contributed by atoms with van der Waals surface area (Å²) in [6.45, 7) is 4.79. The lowest BCUT2D eigenvalue weighted by molar-refractivity contribution is -0.126. The SMILES string of the molecule is CC(=O)CNC(=O)CNC(=O)CNC1COCCOCCOCCOC1. The number of nitrogens with one attached hydrogen (secondary N) is 3. The molecule has 0 saturated carbocycles. The third-order valence-electron chi connectivity index (χ3n) is 3.29. The van der Waals surface area contributed by atoms with E-state index in [-0.39, 0.29) is 37.4 Å². The monoisotopic (exact) mass is 375 g/mol. The normalized spacial score (nSPS) is 18.0. The molecule has 0 radical (unpaired) electrons. The number of ether oxygens (including phenoxy) is 4. The van der Waals surface area contributed by atoms with Gasteiger partial charge in [-0.15, -0.1) is 0 Å². The van der Waals surface area contributed by atoms with E-state index in [1.165, 1.54) is 6.92 Å². The summed E-state index contributed by atoms with van der Waals surface area (Å²) in [5.74, 6) is -0.903. The quantitative estimate of drug-likeness (QED) is 0.460. The Morgan fingerprint density at radius 2 is 1.19 bits per heavy atom. The van der Waals surface area contributed by atoms with Crippen molar-refractivity contribution in [1.82, 2.24) is 16.0 Å². The third kappa shape index (κ3) is 12.7. The molecule has 10 nitrogen and oxygen atoms in total. The molecule has 2 amide bonds. The van der Waals surface area contributed by atoms with Gasteiger partial charge >= 0.3 is 0 Å². The van der Waals surface area contributed by atoms with E-state index >= 15 is 0 Å². The first-order chi connectivity index (χ1) is 12.6. The molecule has 1 aliphatic rings. The van der Waals surface area contributed by atoms with E-state index in [2.05, 4.69) is 16.0 Å². The van der Waals surface area contributed by atoms with Gasteiger partial charge in [0, 0.05) is 0 Å². The van der Waals surface area contributed by atoms with Crippen LogP contribution in [-0.4, -0.2) is 96.1 Å².